The molecule has 0 heterocycles. The van der Waals surface area contributed by atoms with E-state index >= 15 is 0 Å². The van der Waals surface area contributed by atoms with Crippen LogP contribution in [0.1, 0.15) is 16.7 Å². The Hall–Kier alpha value is -2.93. The first-order valence-corrected chi connectivity index (χ1v) is 6.04. The van der Waals surface area contributed by atoms with Crippen molar-refractivity contribution in [3.05, 3.63) is 75.3 Å². The summed E-state index contributed by atoms with van der Waals surface area (Å²) in [5.41, 5.74) is 2.61. The third-order valence-corrected chi connectivity index (χ3v) is 2.88. The zero-order chi connectivity index (χ0) is 14.5. The van der Waals surface area contributed by atoms with Crippen LogP contribution in [0.15, 0.2) is 48.5 Å². The number of benzene rings is 2. The van der Waals surface area contributed by atoms with Gasteiger partial charge in [-0.25, -0.2) is 0 Å². The minimum Gasteiger partial charge on any atom is -0.258 e. The van der Waals surface area contributed by atoms with Gasteiger partial charge in [-0.2, -0.15) is 5.26 Å². The van der Waals surface area contributed by atoms with E-state index in [9.17, 15) is 15.4 Å². The number of hydrogen-bond donors (Lipinski definition) is 0. The van der Waals surface area contributed by atoms with Crippen LogP contribution in [0.3, 0.4) is 0 Å². The summed E-state index contributed by atoms with van der Waals surface area (Å²) in [5.74, 6) is 0. The van der Waals surface area contributed by atoms with Crippen molar-refractivity contribution in [3.8, 4) is 6.07 Å². The summed E-state index contributed by atoms with van der Waals surface area (Å²) >= 11 is 0. The van der Waals surface area contributed by atoms with Crippen LogP contribution in [0.25, 0.3) is 11.6 Å². The van der Waals surface area contributed by atoms with E-state index in [0.29, 0.717) is 11.1 Å². The molecule has 4 nitrogen and oxygen atoms in total. The number of nitrogens with zero attached hydrogens (tertiary/aromatic N) is 2. The van der Waals surface area contributed by atoms with Gasteiger partial charge in [0.1, 0.15) is 0 Å². The van der Waals surface area contributed by atoms with Crippen molar-refractivity contribution in [2.75, 3.05) is 0 Å². The summed E-state index contributed by atoms with van der Waals surface area (Å²) in [7, 11) is 0. The number of hydrogen-bond acceptors (Lipinski definition) is 3. The van der Waals surface area contributed by atoms with Gasteiger partial charge in [-0.05, 0) is 24.6 Å². The van der Waals surface area contributed by atoms with E-state index in [1.165, 1.54) is 6.07 Å². The van der Waals surface area contributed by atoms with Crippen LogP contribution in [0.2, 0.25) is 0 Å². The number of nitro benzene ring substituents is 1. The van der Waals surface area contributed by atoms with E-state index in [4.69, 9.17) is 0 Å². The van der Waals surface area contributed by atoms with Crippen molar-refractivity contribution < 1.29 is 4.92 Å². The summed E-state index contributed by atoms with van der Waals surface area (Å²) < 4.78 is 0. The van der Waals surface area contributed by atoms with Gasteiger partial charge in [0.2, 0.25) is 0 Å². The van der Waals surface area contributed by atoms with E-state index in [2.05, 4.69) is 6.07 Å². The van der Waals surface area contributed by atoms with E-state index in [1.54, 1.807) is 24.3 Å². The van der Waals surface area contributed by atoms with Crippen molar-refractivity contribution in [3.63, 3.8) is 0 Å². The molecule has 0 aliphatic carbocycles. The average Bonchev–Trinajstić information content (AvgIpc) is 2.45. The zero-order valence-electron chi connectivity index (χ0n) is 10.9. The highest BCUT2D eigenvalue weighted by molar-refractivity contribution is 5.91. The molecule has 0 aliphatic rings. The van der Waals surface area contributed by atoms with Gasteiger partial charge in [0.25, 0.3) is 5.69 Å². The van der Waals surface area contributed by atoms with E-state index in [0.717, 1.165) is 11.1 Å². The fraction of sp³-hybridized carbons (Fsp3) is 0.0625. The lowest BCUT2D eigenvalue weighted by atomic mass is 10.0. The highest BCUT2D eigenvalue weighted by Gasteiger charge is 2.11. The topological polar surface area (TPSA) is 66.9 Å². The lowest BCUT2D eigenvalue weighted by molar-refractivity contribution is -0.385. The molecule has 20 heavy (non-hydrogen) atoms. The van der Waals surface area contributed by atoms with Crippen LogP contribution in [-0.2, 0) is 0 Å². The largest absolute Gasteiger partial charge is 0.276 e. The molecule has 0 fully saturated rings. The van der Waals surface area contributed by atoms with Crippen molar-refractivity contribution in [1.82, 2.24) is 0 Å². The SMILES string of the molecule is Cc1cccc(C(C#N)=Cc2ccccc2[N+](=O)[O-])c1. The number of allylic oxidation sites excluding steroid dienone is 1. The second kappa shape index (κ2) is 5.81. The van der Waals surface area contributed by atoms with Gasteiger partial charge in [0.15, 0.2) is 0 Å². The van der Waals surface area contributed by atoms with Crippen LogP contribution < -0.4 is 0 Å². The standard InChI is InChI=1S/C16H12N2O2/c1-12-5-4-7-13(9-12)15(11-17)10-14-6-2-3-8-16(14)18(19)20/h2-10H,1H3. The van der Waals surface area contributed by atoms with Crippen LogP contribution >= 0.6 is 0 Å². The van der Waals surface area contributed by atoms with E-state index in [-0.39, 0.29) is 5.69 Å². The Balaban J connectivity index is 2.53. The number of nitriles is 1. The van der Waals surface area contributed by atoms with Crippen molar-refractivity contribution in [2.24, 2.45) is 0 Å². The smallest absolute Gasteiger partial charge is 0.258 e. The lowest BCUT2D eigenvalue weighted by Crippen LogP contribution is -1.91. The Morgan fingerprint density at radius 1 is 1.25 bits per heavy atom. The second-order valence-corrected chi connectivity index (χ2v) is 4.36. The minimum absolute atomic E-state index is 0.00657. The molecule has 0 N–H and O–H groups in total. The molecule has 0 radical (unpaired) electrons. The molecule has 0 aromatic heterocycles. The molecular formula is C16H12N2O2. The molecule has 0 amide bonds. The highest BCUT2D eigenvalue weighted by Crippen LogP contribution is 2.24. The van der Waals surface area contributed by atoms with Gasteiger partial charge in [0.05, 0.1) is 22.1 Å². The zero-order valence-corrected chi connectivity index (χ0v) is 10.9. The first-order chi connectivity index (χ1) is 9.61. The Kier molecular flexibility index (Phi) is 3.92. The van der Waals surface area contributed by atoms with Gasteiger partial charge in [0, 0.05) is 6.07 Å². The predicted molar refractivity (Wildman–Crippen MR) is 77.8 cm³/mol. The molecule has 2 rings (SSSR count). The summed E-state index contributed by atoms with van der Waals surface area (Å²) in [6.45, 7) is 1.93. The molecule has 98 valence electrons. The summed E-state index contributed by atoms with van der Waals surface area (Å²) in [5, 5.41) is 20.2. The van der Waals surface area contributed by atoms with Crippen LogP contribution in [0.5, 0.6) is 0 Å². The number of para-hydroxylation sites is 1. The predicted octanol–water partition coefficient (Wildman–Crippen LogP) is 3.97. The third kappa shape index (κ3) is 2.90. The van der Waals surface area contributed by atoms with Gasteiger partial charge in [-0.15, -0.1) is 0 Å². The normalized spacial score (nSPS) is 10.9. The quantitative estimate of drug-likeness (QED) is 0.364. The molecule has 4 heteroatoms. The first kappa shape index (κ1) is 13.5. The molecule has 0 aliphatic heterocycles. The average molecular weight is 264 g/mol. The van der Waals surface area contributed by atoms with Crippen LogP contribution in [-0.4, -0.2) is 4.92 Å². The molecular weight excluding hydrogens is 252 g/mol. The molecule has 0 saturated heterocycles. The van der Waals surface area contributed by atoms with Gasteiger partial charge in [-0.1, -0.05) is 42.0 Å². The number of nitro groups is 1. The monoisotopic (exact) mass is 264 g/mol. The van der Waals surface area contributed by atoms with Gasteiger partial charge >= 0.3 is 0 Å². The maximum absolute atomic E-state index is 11.0. The first-order valence-electron chi connectivity index (χ1n) is 6.04. The maximum atomic E-state index is 11.0. The molecule has 0 spiro atoms. The van der Waals surface area contributed by atoms with Crippen LogP contribution in [0, 0.1) is 28.4 Å². The van der Waals surface area contributed by atoms with E-state index in [1.807, 2.05) is 31.2 Å². The van der Waals surface area contributed by atoms with Crippen LogP contribution in [0.4, 0.5) is 5.69 Å². The second-order valence-electron chi connectivity index (χ2n) is 4.36. The lowest BCUT2D eigenvalue weighted by Gasteiger charge is -2.02. The van der Waals surface area contributed by atoms with Gasteiger partial charge in [-0.3, -0.25) is 10.1 Å². The molecule has 0 unspecified atom stereocenters. The van der Waals surface area contributed by atoms with E-state index < -0.39 is 4.92 Å². The fourth-order valence-corrected chi connectivity index (χ4v) is 1.92. The highest BCUT2D eigenvalue weighted by atomic mass is 16.6. The Bertz CT molecular complexity index is 727. The van der Waals surface area contributed by atoms with Gasteiger partial charge < -0.3 is 0 Å². The number of rotatable bonds is 3. The molecule has 0 atom stereocenters. The summed E-state index contributed by atoms with van der Waals surface area (Å²) in [4.78, 5) is 10.5. The molecule has 2 aromatic rings. The van der Waals surface area contributed by atoms with Crippen molar-refractivity contribution in [2.45, 2.75) is 6.92 Å². The Morgan fingerprint density at radius 2 is 2.00 bits per heavy atom. The Morgan fingerprint density at radius 3 is 2.65 bits per heavy atom. The number of aryl methyl sites for hydroxylation is 1. The molecule has 2 aromatic carbocycles. The maximum Gasteiger partial charge on any atom is 0.276 e. The summed E-state index contributed by atoms with van der Waals surface area (Å²) in [6, 6.07) is 16.0. The van der Waals surface area contributed by atoms with Crippen molar-refractivity contribution >= 4 is 17.3 Å². The summed E-state index contributed by atoms with van der Waals surface area (Å²) in [6.07, 6.45) is 1.55. The third-order valence-electron chi connectivity index (χ3n) is 2.88. The fourth-order valence-electron chi connectivity index (χ4n) is 1.92. The minimum atomic E-state index is -0.447. The molecule has 0 bridgehead atoms. The van der Waals surface area contributed by atoms with Crippen molar-refractivity contribution in [1.29, 1.82) is 5.26 Å². The molecule has 0 saturated carbocycles. The Labute approximate surface area is 116 Å².